The van der Waals surface area contributed by atoms with Crippen LogP contribution in [0.3, 0.4) is 0 Å². The lowest BCUT2D eigenvalue weighted by molar-refractivity contribution is -0.131. The lowest BCUT2D eigenvalue weighted by Crippen LogP contribution is -2.60. The van der Waals surface area contributed by atoms with Crippen molar-refractivity contribution in [2.75, 3.05) is 6.54 Å². The summed E-state index contributed by atoms with van der Waals surface area (Å²) in [4.78, 5) is 13.3. The maximum absolute atomic E-state index is 11.2. The van der Waals surface area contributed by atoms with Gasteiger partial charge in [-0.2, -0.15) is 0 Å². The predicted octanol–water partition coefficient (Wildman–Crippen LogP) is 1.37. The first-order valence-electron chi connectivity index (χ1n) is 4.71. The van der Waals surface area contributed by atoms with Crippen molar-refractivity contribution in [1.29, 1.82) is 0 Å². The molecule has 0 rings (SSSR count). The summed E-state index contributed by atoms with van der Waals surface area (Å²) in [6.45, 7) is 12.8. The van der Waals surface area contributed by atoms with Gasteiger partial charge in [-0.05, 0) is 41.2 Å². The fraction of sp³-hybridized carbons (Fsp3) is 0.900. The Morgan fingerprint density at radius 1 is 1.23 bits per heavy atom. The summed E-state index contributed by atoms with van der Waals surface area (Å²) in [5.74, 6) is -0.274. The Morgan fingerprint density at radius 3 is 1.69 bits per heavy atom. The number of likely N-dealkylation sites (N-methyl/N-ethyl adjacent to an activating group) is 1. The largest absolute Gasteiger partial charge is 0.368 e. The van der Waals surface area contributed by atoms with E-state index in [1.165, 1.54) is 0 Å². The van der Waals surface area contributed by atoms with Crippen LogP contribution in [0.1, 0.15) is 41.5 Å². The van der Waals surface area contributed by atoms with Crippen molar-refractivity contribution in [2.45, 2.75) is 52.6 Å². The molecule has 0 aromatic rings. The zero-order chi connectivity index (χ0) is 10.9. The number of hydrogen-bond acceptors (Lipinski definition) is 2. The average molecular weight is 186 g/mol. The lowest BCUT2D eigenvalue weighted by Gasteiger charge is -2.44. The molecule has 0 aliphatic heterocycles. The van der Waals surface area contributed by atoms with E-state index < -0.39 is 5.54 Å². The van der Waals surface area contributed by atoms with Gasteiger partial charge in [0.1, 0.15) is 0 Å². The van der Waals surface area contributed by atoms with Gasteiger partial charge in [0.25, 0.3) is 0 Å². The molecule has 1 amide bonds. The highest BCUT2D eigenvalue weighted by atomic mass is 16.1. The van der Waals surface area contributed by atoms with E-state index >= 15 is 0 Å². The highest BCUT2D eigenvalue weighted by Gasteiger charge is 2.37. The molecular formula is C10H22N2O. The SMILES string of the molecule is CCN(C(C)(C)C)C(C)(C)C(N)=O. The second kappa shape index (κ2) is 3.66. The molecule has 13 heavy (non-hydrogen) atoms. The normalized spacial score (nSPS) is 13.5. The van der Waals surface area contributed by atoms with Gasteiger partial charge in [0.2, 0.25) is 5.91 Å². The van der Waals surface area contributed by atoms with E-state index in [4.69, 9.17) is 5.73 Å². The molecule has 0 radical (unpaired) electrons. The van der Waals surface area contributed by atoms with Crippen LogP contribution in [0.15, 0.2) is 0 Å². The summed E-state index contributed by atoms with van der Waals surface area (Å²) in [5.41, 5.74) is 4.75. The first-order valence-corrected chi connectivity index (χ1v) is 4.71. The lowest BCUT2D eigenvalue weighted by atomic mass is 9.94. The Labute approximate surface area is 81.3 Å². The molecular weight excluding hydrogens is 164 g/mol. The van der Waals surface area contributed by atoms with E-state index in [9.17, 15) is 4.79 Å². The van der Waals surface area contributed by atoms with E-state index in [1.807, 2.05) is 20.8 Å². The summed E-state index contributed by atoms with van der Waals surface area (Å²) in [6.07, 6.45) is 0. The molecule has 0 aliphatic rings. The van der Waals surface area contributed by atoms with Crippen LogP contribution in [0.5, 0.6) is 0 Å². The van der Waals surface area contributed by atoms with Crippen molar-refractivity contribution < 1.29 is 4.79 Å². The predicted molar refractivity (Wildman–Crippen MR) is 55.4 cm³/mol. The standard InChI is InChI=1S/C10H22N2O/c1-7-12(9(2,3)4)10(5,6)8(11)13/h7H2,1-6H3,(H2,11,13). The first kappa shape index (κ1) is 12.4. The maximum atomic E-state index is 11.2. The quantitative estimate of drug-likeness (QED) is 0.723. The van der Waals surface area contributed by atoms with Crippen molar-refractivity contribution >= 4 is 5.91 Å². The average Bonchev–Trinajstić information content (AvgIpc) is 1.83. The monoisotopic (exact) mass is 186 g/mol. The van der Waals surface area contributed by atoms with Gasteiger partial charge < -0.3 is 5.73 Å². The Morgan fingerprint density at radius 2 is 1.62 bits per heavy atom. The van der Waals surface area contributed by atoms with Gasteiger partial charge in [-0.1, -0.05) is 6.92 Å². The molecule has 0 aromatic heterocycles. The summed E-state index contributed by atoms with van der Waals surface area (Å²) >= 11 is 0. The Hall–Kier alpha value is -0.570. The Bertz CT molecular complexity index is 192. The Balaban J connectivity index is 4.88. The minimum Gasteiger partial charge on any atom is -0.368 e. The highest BCUT2D eigenvalue weighted by molar-refractivity contribution is 5.83. The van der Waals surface area contributed by atoms with Crippen LogP contribution in [-0.2, 0) is 4.79 Å². The third kappa shape index (κ3) is 2.69. The number of hydrogen-bond donors (Lipinski definition) is 1. The van der Waals surface area contributed by atoms with Gasteiger partial charge in [-0.3, -0.25) is 9.69 Å². The second-order valence-electron chi connectivity index (χ2n) is 4.84. The van der Waals surface area contributed by atoms with Crippen molar-refractivity contribution in [3.8, 4) is 0 Å². The number of rotatable bonds is 3. The van der Waals surface area contributed by atoms with Crippen LogP contribution < -0.4 is 5.73 Å². The molecule has 0 heterocycles. The molecule has 0 bridgehead atoms. The summed E-state index contributed by atoms with van der Waals surface area (Å²) in [5, 5.41) is 0. The molecule has 0 saturated heterocycles. The smallest absolute Gasteiger partial charge is 0.237 e. The fourth-order valence-corrected chi connectivity index (χ4v) is 1.84. The summed E-state index contributed by atoms with van der Waals surface area (Å²) < 4.78 is 0. The van der Waals surface area contributed by atoms with Crippen molar-refractivity contribution in [1.82, 2.24) is 4.90 Å². The summed E-state index contributed by atoms with van der Waals surface area (Å²) in [7, 11) is 0. The molecule has 3 nitrogen and oxygen atoms in total. The van der Waals surface area contributed by atoms with Gasteiger partial charge in [0.05, 0.1) is 5.54 Å². The van der Waals surface area contributed by atoms with Crippen LogP contribution in [0.25, 0.3) is 0 Å². The van der Waals surface area contributed by atoms with Crippen LogP contribution in [0, 0.1) is 0 Å². The van der Waals surface area contributed by atoms with Crippen molar-refractivity contribution in [2.24, 2.45) is 5.73 Å². The zero-order valence-corrected chi connectivity index (χ0v) is 9.64. The third-order valence-electron chi connectivity index (χ3n) is 2.40. The first-order chi connectivity index (χ1) is 5.64. The van der Waals surface area contributed by atoms with Gasteiger partial charge >= 0.3 is 0 Å². The number of nitrogens with two attached hydrogens (primary N) is 1. The van der Waals surface area contributed by atoms with Crippen LogP contribution in [0.4, 0.5) is 0 Å². The third-order valence-corrected chi connectivity index (χ3v) is 2.40. The molecule has 0 fully saturated rings. The molecule has 0 saturated carbocycles. The minimum atomic E-state index is -0.576. The maximum Gasteiger partial charge on any atom is 0.237 e. The fourth-order valence-electron chi connectivity index (χ4n) is 1.84. The zero-order valence-electron chi connectivity index (χ0n) is 9.64. The number of nitrogens with zero attached hydrogens (tertiary/aromatic N) is 1. The molecule has 0 aliphatic carbocycles. The molecule has 0 atom stereocenters. The summed E-state index contributed by atoms with van der Waals surface area (Å²) in [6, 6.07) is 0. The van der Waals surface area contributed by atoms with Crippen LogP contribution in [-0.4, -0.2) is 28.4 Å². The van der Waals surface area contributed by atoms with Gasteiger partial charge in [0, 0.05) is 5.54 Å². The number of carbonyl (C=O) groups is 1. The van der Waals surface area contributed by atoms with Crippen molar-refractivity contribution in [3.63, 3.8) is 0 Å². The van der Waals surface area contributed by atoms with Crippen molar-refractivity contribution in [3.05, 3.63) is 0 Å². The second-order valence-corrected chi connectivity index (χ2v) is 4.84. The van der Waals surface area contributed by atoms with E-state index in [1.54, 1.807) is 0 Å². The Kier molecular flexibility index (Phi) is 3.50. The van der Waals surface area contributed by atoms with Gasteiger partial charge in [0.15, 0.2) is 0 Å². The molecule has 0 aromatic carbocycles. The topological polar surface area (TPSA) is 46.3 Å². The molecule has 3 heteroatoms. The minimum absolute atomic E-state index is 0.0344. The van der Waals surface area contributed by atoms with E-state index in [2.05, 4.69) is 25.7 Å². The highest BCUT2D eigenvalue weighted by Crippen LogP contribution is 2.24. The van der Waals surface area contributed by atoms with E-state index in [-0.39, 0.29) is 11.4 Å². The molecule has 2 N–H and O–H groups in total. The van der Waals surface area contributed by atoms with Crippen LogP contribution in [0.2, 0.25) is 0 Å². The number of carbonyl (C=O) groups excluding carboxylic acids is 1. The molecule has 0 unspecified atom stereocenters. The van der Waals surface area contributed by atoms with Crippen LogP contribution >= 0.6 is 0 Å². The number of primary amides is 1. The number of amides is 1. The molecule has 78 valence electrons. The van der Waals surface area contributed by atoms with Gasteiger partial charge in [-0.25, -0.2) is 0 Å². The van der Waals surface area contributed by atoms with E-state index in [0.29, 0.717) is 0 Å². The van der Waals surface area contributed by atoms with E-state index in [0.717, 1.165) is 6.54 Å². The van der Waals surface area contributed by atoms with Gasteiger partial charge in [-0.15, -0.1) is 0 Å². The molecule has 0 spiro atoms.